The first-order chi connectivity index (χ1) is 15.0. The molecule has 0 aliphatic heterocycles. The molecule has 2 aromatic rings. The molecule has 0 aromatic heterocycles. The Kier molecular flexibility index (Phi) is 7.24. The van der Waals surface area contributed by atoms with E-state index < -0.39 is 53.3 Å². The van der Waals surface area contributed by atoms with Gasteiger partial charge in [-0.25, -0.2) is 0 Å². The SMILES string of the molecule is COc1cc(/C=C(/C(N)=O)C(F)(F)F)ccc1OCc1ccc(C(F)(F)F)cc1C(F)(F)F. The third-order valence-corrected chi connectivity index (χ3v) is 4.20. The monoisotopic (exact) mass is 487 g/mol. The molecule has 0 radical (unpaired) electrons. The lowest BCUT2D eigenvalue weighted by atomic mass is 10.0. The molecule has 0 saturated heterocycles. The summed E-state index contributed by atoms with van der Waals surface area (Å²) in [5.74, 6) is -2.16. The van der Waals surface area contributed by atoms with Crippen LogP contribution in [0.15, 0.2) is 42.0 Å². The number of amides is 1. The first-order valence-corrected chi connectivity index (χ1v) is 8.71. The van der Waals surface area contributed by atoms with Gasteiger partial charge in [0.2, 0.25) is 0 Å². The number of ether oxygens (including phenoxy) is 2. The molecule has 0 fully saturated rings. The fourth-order valence-corrected chi connectivity index (χ4v) is 2.65. The van der Waals surface area contributed by atoms with Crippen molar-refractivity contribution in [3.05, 3.63) is 64.2 Å². The summed E-state index contributed by atoms with van der Waals surface area (Å²) < 4.78 is 127. The molecule has 0 aliphatic carbocycles. The number of hydrogen-bond donors (Lipinski definition) is 1. The highest BCUT2D eigenvalue weighted by Gasteiger charge is 2.39. The summed E-state index contributed by atoms with van der Waals surface area (Å²) in [6, 6.07) is 4.12. The van der Waals surface area contributed by atoms with E-state index in [1.54, 1.807) is 0 Å². The predicted octanol–water partition coefficient (Wildman–Crippen LogP) is 5.74. The molecule has 13 heteroatoms. The number of hydrogen-bond acceptors (Lipinski definition) is 3. The zero-order valence-corrected chi connectivity index (χ0v) is 16.5. The molecule has 0 aliphatic rings. The van der Waals surface area contributed by atoms with Gasteiger partial charge in [-0.1, -0.05) is 12.1 Å². The maximum atomic E-state index is 13.2. The van der Waals surface area contributed by atoms with Crippen LogP contribution in [0, 0.1) is 0 Å². The van der Waals surface area contributed by atoms with Crippen LogP contribution in [0.1, 0.15) is 22.3 Å². The molecular formula is C20H14F9NO3. The van der Waals surface area contributed by atoms with Crippen LogP contribution in [0.3, 0.4) is 0 Å². The summed E-state index contributed by atoms with van der Waals surface area (Å²) in [6.07, 6.45) is -14.7. The number of methoxy groups -OCH3 is 1. The standard InChI is InChI=1S/C20H14F9NO3/c1-32-16-7-10(6-14(17(30)31)20(27,28)29)2-5-15(16)33-9-11-3-4-12(18(21,22)23)8-13(11)19(24,25)26/h2-8H,9H2,1H3,(H2,30,31)/b14-6-. The number of carbonyl (C=O) groups is 1. The van der Waals surface area contributed by atoms with E-state index >= 15 is 0 Å². The van der Waals surface area contributed by atoms with Gasteiger partial charge in [-0.15, -0.1) is 0 Å². The predicted molar refractivity (Wildman–Crippen MR) is 97.0 cm³/mol. The Bertz CT molecular complexity index is 1050. The minimum Gasteiger partial charge on any atom is -0.493 e. The van der Waals surface area contributed by atoms with Crippen molar-refractivity contribution in [2.45, 2.75) is 25.1 Å². The van der Waals surface area contributed by atoms with Gasteiger partial charge in [0, 0.05) is 5.56 Å². The highest BCUT2D eigenvalue weighted by molar-refractivity contribution is 5.98. The summed E-state index contributed by atoms with van der Waals surface area (Å²) in [4.78, 5) is 11.0. The van der Waals surface area contributed by atoms with Crippen LogP contribution >= 0.6 is 0 Å². The second-order valence-corrected chi connectivity index (χ2v) is 6.49. The van der Waals surface area contributed by atoms with Crippen molar-refractivity contribution in [2.75, 3.05) is 7.11 Å². The Morgan fingerprint density at radius 2 is 1.55 bits per heavy atom. The van der Waals surface area contributed by atoms with E-state index in [2.05, 4.69) is 0 Å². The average molecular weight is 487 g/mol. The highest BCUT2D eigenvalue weighted by Crippen LogP contribution is 2.38. The largest absolute Gasteiger partial charge is 0.493 e. The fourth-order valence-electron chi connectivity index (χ4n) is 2.65. The van der Waals surface area contributed by atoms with Crippen LogP contribution in [0.25, 0.3) is 6.08 Å². The molecule has 0 spiro atoms. The van der Waals surface area contributed by atoms with Crippen molar-refractivity contribution in [2.24, 2.45) is 5.73 Å². The molecule has 2 aromatic carbocycles. The number of halogens is 9. The van der Waals surface area contributed by atoms with E-state index in [1.807, 2.05) is 0 Å². The van der Waals surface area contributed by atoms with Crippen molar-refractivity contribution >= 4 is 12.0 Å². The molecule has 0 saturated carbocycles. The molecule has 2 N–H and O–H groups in total. The summed E-state index contributed by atoms with van der Waals surface area (Å²) in [5.41, 5.74) is -0.792. The average Bonchev–Trinajstić information content (AvgIpc) is 2.68. The summed E-state index contributed by atoms with van der Waals surface area (Å²) in [5, 5.41) is 0. The zero-order valence-electron chi connectivity index (χ0n) is 16.5. The third kappa shape index (κ3) is 6.56. The Balaban J connectivity index is 2.37. The normalized spacial score (nSPS) is 13.1. The van der Waals surface area contributed by atoms with E-state index in [1.165, 1.54) is 0 Å². The van der Waals surface area contributed by atoms with Crippen LogP contribution < -0.4 is 15.2 Å². The van der Waals surface area contributed by atoms with Gasteiger partial charge in [-0.2, -0.15) is 39.5 Å². The Labute approximate surface area is 180 Å². The van der Waals surface area contributed by atoms with Crippen molar-refractivity contribution in [1.82, 2.24) is 0 Å². The molecule has 180 valence electrons. The smallest absolute Gasteiger partial charge is 0.421 e. The van der Waals surface area contributed by atoms with Crippen LogP contribution in [0.4, 0.5) is 39.5 Å². The van der Waals surface area contributed by atoms with Gasteiger partial charge >= 0.3 is 18.5 Å². The minimum atomic E-state index is -5.11. The van der Waals surface area contributed by atoms with Gasteiger partial charge in [0.15, 0.2) is 11.5 Å². The summed E-state index contributed by atoms with van der Waals surface area (Å²) >= 11 is 0. The number of rotatable bonds is 6. The third-order valence-electron chi connectivity index (χ3n) is 4.20. The van der Waals surface area contributed by atoms with Gasteiger partial charge in [-0.3, -0.25) is 4.79 Å². The Morgan fingerprint density at radius 1 is 0.909 bits per heavy atom. The van der Waals surface area contributed by atoms with Crippen LogP contribution in [0.2, 0.25) is 0 Å². The fraction of sp³-hybridized carbons (Fsp3) is 0.250. The topological polar surface area (TPSA) is 61.5 Å². The molecule has 1 amide bonds. The lowest BCUT2D eigenvalue weighted by Crippen LogP contribution is -2.25. The van der Waals surface area contributed by atoms with Crippen LogP contribution in [0.5, 0.6) is 11.5 Å². The van der Waals surface area contributed by atoms with Crippen LogP contribution in [-0.2, 0) is 23.8 Å². The van der Waals surface area contributed by atoms with Gasteiger partial charge in [0.1, 0.15) is 12.2 Å². The lowest BCUT2D eigenvalue weighted by Gasteiger charge is -2.17. The number of primary amides is 1. The maximum Gasteiger partial charge on any atom is 0.421 e. The highest BCUT2D eigenvalue weighted by atomic mass is 19.4. The molecule has 0 atom stereocenters. The van der Waals surface area contributed by atoms with E-state index in [0.717, 1.165) is 25.3 Å². The second kappa shape index (κ2) is 9.24. The lowest BCUT2D eigenvalue weighted by molar-refractivity contribution is -0.143. The van der Waals surface area contributed by atoms with Crippen LogP contribution in [-0.4, -0.2) is 19.2 Å². The maximum absolute atomic E-state index is 13.2. The van der Waals surface area contributed by atoms with Gasteiger partial charge in [0.25, 0.3) is 5.91 Å². The number of nitrogens with two attached hydrogens (primary N) is 1. The van der Waals surface area contributed by atoms with E-state index in [9.17, 15) is 44.3 Å². The van der Waals surface area contributed by atoms with Crippen molar-refractivity contribution in [3.63, 3.8) is 0 Å². The molecule has 4 nitrogen and oxygen atoms in total. The molecule has 0 unspecified atom stereocenters. The van der Waals surface area contributed by atoms with Gasteiger partial charge in [-0.05, 0) is 35.9 Å². The summed E-state index contributed by atoms with van der Waals surface area (Å²) in [7, 11) is 1.09. The second-order valence-electron chi connectivity index (χ2n) is 6.49. The first-order valence-electron chi connectivity index (χ1n) is 8.71. The first kappa shape index (κ1) is 25.9. The van der Waals surface area contributed by atoms with Gasteiger partial charge in [0.05, 0.1) is 18.2 Å². The van der Waals surface area contributed by atoms with Crippen molar-refractivity contribution < 1.29 is 53.8 Å². The molecule has 33 heavy (non-hydrogen) atoms. The molecule has 0 heterocycles. The molecule has 2 rings (SSSR count). The quantitative estimate of drug-likeness (QED) is 0.418. The van der Waals surface area contributed by atoms with E-state index in [4.69, 9.17) is 15.2 Å². The Morgan fingerprint density at radius 3 is 2.03 bits per heavy atom. The minimum absolute atomic E-state index is 0.0493. The van der Waals surface area contributed by atoms with Gasteiger partial charge < -0.3 is 15.2 Å². The number of carbonyl (C=O) groups excluding carboxylic acids is 1. The zero-order chi connectivity index (χ0) is 25.2. The Hall–Kier alpha value is -3.38. The molecule has 0 bridgehead atoms. The summed E-state index contributed by atoms with van der Waals surface area (Å²) in [6.45, 7) is -0.826. The van der Waals surface area contributed by atoms with E-state index in [0.29, 0.717) is 18.2 Å². The van der Waals surface area contributed by atoms with Crippen molar-refractivity contribution in [3.8, 4) is 11.5 Å². The van der Waals surface area contributed by atoms with Crippen molar-refractivity contribution in [1.29, 1.82) is 0 Å². The van der Waals surface area contributed by atoms with E-state index in [-0.39, 0.29) is 23.1 Å². The number of alkyl halides is 9. The number of benzene rings is 2. The molecular weight excluding hydrogens is 473 g/mol.